The van der Waals surface area contributed by atoms with Crippen molar-refractivity contribution < 1.29 is 14.3 Å². The van der Waals surface area contributed by atoms with Crippen LogP contribution in [0.3, 0.4) is 0 Å². The number of carbonyl (C=O) groups excluding carboxylic acids is 2. The predicted octanol–water partition coefficient (Wildman–Crippen LogP) is 2.02. The zero-order valence-electron chi connectivity index (χ0n) is 13.0. The highest BCUT2D eigenvalue weighted by Gasteiger charge is 2.06. The van der Waals surface area contributed by atoms with Crippen LogP contribution in [-0.2, 0) is 22.4 Å². The van der Waals surface area contributed by atoms with Gasteiger partial charge in [-0.1, -0.05) is 49.4 Å². The van der Waals surface area contributed by atoms with Crippen LogP contribution < -0.4 is 15.6 Å². The van der Waals surface area contributed by atoms with Gasteiger partial charge < -0.3 is 4.74 Å². The molecule has 120 valence electrons. The lowest BCUT2D eigenvalue weighted by Gasteiger charge is -2.09. The largest absolute Gasteiger partial charge is 0.484 e. The monoisotopic (exact) mass is 312 g/mol. The molecule has 0 bridgehead atoms. The Hall–Kier alpha value is -2.82. The number of hydrogen-bond donors (Lipinski definition) is 2. The van der Waals surface area contributed by atoms with Crippen LogP contribution in [-0.4, -0.2) is 18.4 Å². The molecule has 0 aromatic heterocycles. The van der Waals surface area contributed by atoms with Crippen LogP contribution in [0.25, 0.3) is 0 Å². The van der Waals surface area contributed by atoms with E-state index >= 15 is 0 Å². The maximum atomic E-state index is 11.7. The van der Waals surface area contributed by atoms with Gasteiger partial charge >= 0.3 is 0 Å². The highest BCUT2D eigenvalue weighted by molar-refractivity contribution is 5.83. The number of rotatable bonds is 6. The summed E-state index contributed by atoms with van der Waals surface area (Å²) in [6.45, 7) is 1.90. The molecule has 2 amide bonds. The van der Waals surface area contributed by atoms with E-state index in [9.17, 15) is 9.59 Å². The molecule has 2 rings (SSSR count). The van der Waals surface area contributed by atoms with Crippen LogP contribution in [0.15, 0.2) is 54.6 Å². The van der Waals surface area contributed by atoms with Gasteiger partial charge in [0.25, 0.3) is 5.91 Å². The Morgan fingerprint density at radius 1 is 0.913 bits per heavy atom. The molecule has 0 unspecified atom stereocenters. The summed E-state index contributed by atoms with van der Waals surface area (Å²) < 4.78 is 5.40. The maximum Gasteiger partial charge on any atom is 0.276 e. The molecule has 5 heteroatoms. The standard InChI is InChI=1S/C18H20N2O3/c1-2-14-9-6-10-16(11-14)23-13-18(22)20-19-17(21)12-15-7-4-3-5-8-15/h3-11H,2,12-13H2,1H3,(H,19,21)(H,20,22). The summed E-state index contributed by atoms with van der Waals surface area (Å²) in [5.41, 5.74) is 6.73. The molecule has 0 aliphatic carbocycles. The number of carbonyl (C=O) groups is 2. The second kappa shape index (κ2) is 8.58. The number of ether oxygens (including phenoxy) is 1. The first kappa shape index (κ1) is 16.5. The van der Waals surface area contributed by atoms with Crippen molar-refractivity contribution in [2.45, 2.75) is 19.8 Å². The molecule has 0 aliphatic rings. The van der Waals surface area contributed by atoms with E-state index in [0.717, 1.165) is 17.5 Å². The summed E-state index contributed by atoms with van der Waals surface area (Å²) in [6, 6.07) is 16.9. The van der Waals surface area contributed by atoms with Crippen LogP contribution in [0.5, 0.6) is 5.75 Å². The Labute approximate surface area is 135 Å². The highest BCUT2D eigenvalue weighted by atomic mass is 16.5. The van der Waals surface area contributed by atoms with Crippen molar-refractivity contribution in [2.75, 3.05) is 6.61 Å². The Morgan fingerprint density at radius 2 is 1.61 bits per heavy atom. The molecule has 23 heavy (non-hydrogen) atoms. The minimum absolute atomic E-state index is 0.154. The smallest absolute Gasteiger partial charge is 0.276 e. The third kappa shape index (κ3) is 5.82. The minimum Gasteiger partial charge on any atom is -0.484 e. The predicted molar refractivity (Wildman–Crippen MR) is 87.7 cm³/mol. The average Bonchev–Trinajstić information content (AvgIpc) is 2.59. The van der Waals surface area contributed by atoms with E-state index in [4.69, 9.17) is 4.74 Å². The van der Waals surface area contributed by atoms with Gasteiger partial charge in [0, 0.05) is 0 Å². The third-order valence-corrected chi connectivity index (χ3v) is 3.23. The molecule has 0 saturated carbocycles. The van der Waals surface area contributed by atoms with Crippen LogP contribution in [0.4, 0.5) is 0 Å². The summed E-state index contributed by atoms with van der Waals surface area (Å²) >= 11 is 0. The molecular formula is C18H20N2O3. The van der Waals surface area contributed by atoms with Gasteiger partial charge in [-0.3, -0.25) is 20.4 Å². The van der Waals surface area contributed by atoms with E-state index in [1.165, 1.54) is 0 Å². The highest BCUT2D eigenvalue weighted by Crippen LogP contribution is 2.13. The van der Waals surface area contributed by atoms with Gasteiger partial charge in [0.15, 0.2) is 6.61 Å². The fourth-order valence-corrected chi connectivity index (χ4v) is 2.01. The van der Waals surface area contributed by atoms with Crippen molar-refractivity contribution in [1.29, 1.82) is 0 Å². The first-order chi connectivity index (χ1) is 11.2. The number of benzene rings is 2. The minimum atomic E-state index is -0.409. The van der Waals surface area contributed by atoms with Crippen LogP contribution >= 0.6 is 0 Å². The summed E-state index contributed by atoms with van der Waals surface area (Å²) in [5.74, 6) is -0.0547. The first-order valence-electron chi connectivity index (χ1n) is 7.50. The molecule has 0 aliphatic heterocycles. The quantitative estimate of drug-likeness (QED) is 0.802. The van der Waals surface area contributed by atoms with Crippen molar-refractivity contribution in [1.82, 2.24) is 10.9 Å². The molecule has 2 N–H and O–H groups in total. The van der Waals surface area contributed by atoms with E-state index in [1.54, 1.807) is 6.07 Å². The molecule has 5 nitrogen and oxygen atoms in total. The molecule has 0 fully saturated rings. The van der Waals surface area contributed by atoms with Crippen LogP contribution in [0, 0.1) is 0 Å². The van der Waals surface area contributed by atoms with E-state index in [2.05, 4.69) is 10.9 Å². The van der Waals surface area contributed by atoms with E-state index < -0.39 is 5.91 Å². The zero-order chi connectivity index (χ0) is 16.5. The van der Waals surface area contributed by atoms with Crippen molar-refractivity contribution in [3.05, 3.63) is 65.7 Å². The second-order valence-corrected chi connectivity index (χ2v) is 5.05. The van der Waals surface area contributed by atoms with Gasteiger partial charge in [0.1, 0.15) is 5.75 Å². The lowest BCUT2D eigenvalue weighted by Crippen LogP contribution is -2.44. The third-order valence-electron chi connectivity index (χ3n) is 3.23. The number of hydrogen-bond acceptors (Lipinski definition) is 3. The van der Waals surface area contributed by atoms with Gasteiger partial charge in [-0.15, -0.1) is 0 Å². The fourth-order valence-electron chi connectivity index (χ4n) is 2.01. The first-order valence-corrected chi connectivity index (χ1v) is 7.50. The lowest BCUT2D eigenvalue weighted by molar-refractivity contribution is -0.129. The summed E-state index contributed by atoms with van der Waals surface area (Å²) in [5, 5.41) is 0. The van der Waals surface area contributed by atoms with Gasteiger partial charge in [-0.25, -0.2) is 0 Å². The Morgan fingerprint density at radius 3 is 2.35 bits per heavy atom. The molecule has 2 aromatic carbocycles. The van der Waals surface area contributed by atoms with Crippen molar-refractivity contribution in [3.8, 4) is 5.75 Å². The average molecular weight is 312 g/mol. The van der Waals surface area contributed by atoms with Gasteiger partial charge in [0.05, 0.1) is 6.42 Å². The number of aryl methyl sites for hydroxylation is 1. The Balaban J connectivity index is 1.71. The van der Waals surface area contributed by atoms with Crippen LogP contribution in [0.1, 0.15) is 18.1 Å². The molecule has 2 aromatic rings. The normalized spacial score (nSPS) is 9.96. The van der Waals surface area contributed by atoms with Crippen molar-refractivity contribution >= 4 is 11.8 Å². The molecule has 0 radical (unpaired) electrons. The summed E-state index contributed by atoms with van der Waals surface area (Å²) in [7, 11) is 0. The van der Waals surface area contributed by atoms with Crippen molar-refractivity contribution in [3.63, 3.8) is 0 Å². The number of nitrogens with one attached hydrogen (secondary N) is 2. The molecule has 0 atom stereocenters. The molecule has 0 saturated heterocycles. The molecule has 0 heterocycles. The SMILES string of the molecule is CCc1cccc(OCC(=O)NNC(=O)Cc2ccccc2)c1. The summed E-state index contributed by atoms with van der Waals surface area (Å²) in [6.07, 6.45) is 1.11. The lowest BCUT2D eigenvalue weighted by atomic mass is 10.1. The van der Waals surface area contributed by atoms with Gasteiger partial charge in [-0.2, -0.15) is 0 Å². The van der Waals surface area contributed by atoms with E-state index in [1.807, 2.05) is 55.5 Å². The van der Waals surface area contributed by atoms with E-state index in [-0.39, 0.29) is 18.9 Å². The zero-order valence-corrected chi connectivity index (χ0v) is 13.0. The number of amides is 2. The summed E-state index contributed by atoms with van der Waals surface area (Å²) in [4.78, 5) is 23.4. The fraction of sp³-hybridized carbons (Fsp3) is 0.222. The second-order valence-electron chi connectivity index (χ2n) is 5.05. The van der Waals surface area contributed by atoms with Gasteiger partial charge in [0.2, 0.25) is 5.91 Å². The topological polar surface area (TPSA) is 67.4 Å². The number of hydrazine groups is 1. The van der Waals surface area contributed by atoms with E-state index in [0.29, 0.717) is 5.75 Å². The van der Waals surface area contributed by atoms with Crippen LogP contribution in [0.2, 0.25) is 0 Å². The van der Waals surface area contributed by atoms with Gasteiger partial charge in [-0.05, 0) is 29.7 Å². The molecule has 0 spiro atoms. The Kier molecular flexibility index (Phi) is 6.17. The maximum absolute atomic E-state index is 11.7. The van der Waals surface area contributed by atoms with Crippen molar-refractivity contribution in [2.24, 2.45) is 0 Å². The Bertz CT molecular complexity index is 656. The molecular weight excluding hydrogens is 292 g/mol.